The molecule has 4 nitrogen and oxygen atoms in total. The van der Waals surface area contributed by atoms with Gasteiger partial charge in [0.05, 0.1) is 12.1 Å². The highest BCUT2D eigenvalue weighted by molar-refractivity contribution is 5.70. The van der Waals surface area contributed by atoms with Crippen LogP contribution in [0.4, 0.5) is 0 Å². The average Bonchev–Trinajstić information content (AvgIpc) is 2.59. The van der Waals surface area contributed by atoms with Gasteiger partial charge < -0.3 is 5.11 Å². The minimum absolute atomic E-state index is 0.218. The first kappa shape index (κ1) is 9.24. The van der Waals surface area contributed by atoms with Crippen molar-refractivity contribution < 1.29 is 9.90 Å². The van der Waals surface area contributed by atoms with Gasteiger partial charge in [-0.25, -0.2) is 0 Å². The van der Waals surface area contributed by atoms with Crippen molar-refractivity contribution in [2.75, 3.05) is 0 Å². The Morgan fingerprint density at radius 1 is 1.79 bits per heavy atom. The van der Waals surface area contributed by atoms with Crippen molar-refractivity contribution in [2.24, 2.45) is 5.92 Å². The van der Waals surface area contributed by atoms with E-state index in [1.54, 1.807) is 0 Å². The summed E-state index contributed by atoms with van der Waals surface area (Å²) < 4.78 is 1.91. The van der Waals surface area contributed by atoms with E-state index < -0.39 is 5.97 Å². The number of carbonyl (C=O) groups is 1. The van der Waals surface area contributed by atoms with Gasteiger partial charge >= 0.3 is 5.97 Å². The molecule has 1 aliphatic carbocycles. The zero-order valence-corrected chi connectivity index (χ0v) is 8.23. The summed E-state index contributed by atoms with van der Waals surface area (Å²) in [6.45, 7) is 2.85. The summed E-state index contributed by atoms with van der Waals surface area (Å²) in [6, 6.07) is 0. The Balaban J connectivity index is 2.27. The highest BCUT2D eigenvalue weighted by atomic mass is 16.4. The average molecular weight is 194 g/mol. The van der Waals surface area contributed by atoms with Crippen LogP contribution in [0.5, 0.6) is 0 Å². The van der Waals surface area contributed by atoms with Crippen LogP contribution in [0.15, 0.2) is 6.20 Å². The fourth-order valence-corrected chi connectivity index (χ4v) is 2.04. The van der Waals surface area contributed by atoms with Crippen LogP contribution in [-0.2, 0) is 24.2 Å². The van der Waals surface area contributed by atoms with E-state index in [1.807, 2.05) is 17.8 Å². The summed E-state index contributed by atoms with van der Waals surface area (Å²) in [5.74, 6) is -0.899. The first-order valence-corrected chi connectivity index (χ1v) is 4.98. The number of nitrogens with zero attached hydrogens (tertiary/aromatic N) is 2. The molecule has 1 aromatic heterocycles. The summed E-state index contributed by atoms with van der Waals surface area (Å²) in [5.41, 5.74) is 2.34. The van der Waals surface area contributed by atoms with E-state index in [9.17, 15) is 4.79 Å². The maximum absolute atomic E-state index is 10.9. The second-order valence-electron chi connectivity index (χ2n) is 3.71. The molecule has 0 aliphatic heterocycles. The molecule has 2 rings (SSSR count). The monoisotopic (exact) mass is 194 g/mol. The van der Waals surface area contributed by atoms with E-state index in [0.29, 0.717) is 6.42 Å². The maximum atomic E-state index is 10.9. The molecule has 4 heteroatoms. The smallest absolute Gasteiger partial charge is 0.306 e. The number of hydrogen-bond acceptors (Lipinski definition) is 2. The summed E-state index contributed by atoms with van der Waals surface area (Å²) in [5, 5.41) is 13.2. The molecule has 0 aromatic carbocycles. The van der Waals surface area contributed by atoms with Crippen molar-refractivity contribution in [3.05, 3.63) is 17.5 Å². The molecule has 1 aromatic rings. The molecule has 0 fully saturated rings. The predicted octanol–water partition coefficient (Wildman–Crippen LogP) is 1.09. The molecule has 76 valence electrons. The Bertz CT molecular complexity index is 344. The highest BCUT2D eigenvalue weighted by Gasteiger charge is 2.26. The first-order chi connectivity index (χ1) is 6.72. The van der Waals surface area contributed by atoms with Gasteiger partial charge in [-0.3, -0.25) is 9.48 Å². The summed E-state index contributed by atoms with van der Waals surface area (Å²) in [4.78, 5) is 10.9. The molecular formula is C10H14N2O2. The number of aryl methyl sites for hydroxylation is 2. The van der Waals surface area contributed by atoms with E-state index in [0.717, 1.165) is 25.1 Å². The number of hydrogen-bond donors (Lipinski definition) is 1. The normalized spacial score (nSPS) is 20.5. The van der Waals surface area contributed by atoms with Crippen molar-refractivity contribution in [2.45, 2.75) is 32.7 Å². The Labute approximate surface area is 82.5 Å². The maximum Gasteiger partial charge on any atom is 0.306 e. The molecule has 1 heterocycles. The Hall–Kier alpha value is -1.32. The minimum Gasteiger partial charge on any atom is -0.481 e. The van der Waals surface area contributed by atoms with Gasteiger partial charge in [-0.15, -0.1) is 0 Å². The van der Waals surface area contributed by atoms with Crippen LogP contribution in [-0.4, -0.2) is 20.9 Å². The van der Waals surface area contributed by atoms with Crippen LogP contribution in [0.25, 0.3) is 0 Å². The third-order valence-corrected chi connectivity index (χ3v) is 2.89. The van der Waals surface area contributed by atoms with Gasteiger partial charge in [-0.2, -0.15) is 5.10 Å². The molecule has 0 saturated heterocycles. The van der Waals surface area contributed by atoms with Gasteiger partial charge in [0.1, 0.15) is 0 Å². The van der Waals surface area contributed by atoms with Crippen molar-refractivity contribution in [1.82, 2.24) is 9.78 Å². The number of carboxylic acids is 1. The largest absolute Gasteiger partial charge is 0.481 e. The van der Waals surface area contributed by atoms with Crippen LogP contribution < -0.4 is 0 Å². The molecule has 0 bridgehead atoms. The minimum atomic E-state index is -0.681. The quantitative estimate of drug-likeness (QED) is 0.766. The van der Waals surface area contributed by atoms with Gasteiger partial charge in [-0.05, 0) is 25.3 Å². The van der Waals surface area contributed by atoms with Crippen LogP contribution >= 0.6 is 0 Å². The highest BCUT2D eigenvalue weighted by Crippen LogP contribution is 2.25. The van der Waals surface area contributed by atoms with Gasteiger partial charge in [0.25, 0.3) is 0 Å². The van der Waals surface area contributed by atoms with E-state index in [-0.39, 0.29) is 5.92 Å². The molecule has 0 amide bonds. The molecule has 0 radical (unpaired) electrons. The van der Waals surface area contributed by atoms with E-state index >= 15 is 0 Å². The lowest BCUT2D eigenvalue weighted by Crippen LogP contribution is -2.23. The second-order valence-corrected chi connectivity index (χ2v) is 3.71. The number of carboxylic acid groups (broad SMARTS) is 1. The fourth-order valence-electron chi connectivity index (χ4n) is 2.04. The number of aliphatic carboxylic acids is 1. The van der Waals surface area contributed by atoms with Crippen molar-refractivity contribution in [3.8, 4) is 0 Å². The van der Waals surface area contributed by atoms with Crippen LogP contribution in [0.1, 0.15) is 24.6 Å². The lowest BCUT2D eigenvalue weighted by atomic mass is 9.88. The zero-order valence-electron chi connectivity index (χ0n) is 8.23. The SMILES string of the molecule is CCn1ncc2c1C[C@@H](C(=O)O)CC2. The van der Waals surface area contributed by atoms with Crippen LogP contribution in [0, 0.1) is 5.92 Å². The second kappa shape index (κ2) is 3.44. The van der Waals surface area contributed by atoms with Crippen molar-refractivity contribution >= 4 is 5.97 Å². The number of aromatic nitrogens is 2. The predicted molar refractivity (Wildman–Crippen MR) is 51.1 cm³/mol. The van der Waals surface area contributed by atoms with E-state index in [4.69, 9.17) is 5.11 Å². The van der Waals surface area contributed by atoms with Crippen LogP contribution in [0.2, 0.25) is 0 Å². The Morgan fingerprint density at radius 2 is 2.57 bits per heavy atom. The fraction of sp³-hybridized carbons (Fsp3) is 0.600. The molecule has 0 spiro atoms. The van der Waals surface area contributed by atoms with Gasteiger partial charge in [0.2, 0.25) is 0 Å². The molecule has 0 saturated carbocycles. The third kappa shape index (κ3) is 1.41. The topological polar surface area (TPSA) is 55.1 Å². The van der Waals surface area contributed by atoms with Gasteiger partial charge in [0, 0.05) is 18.7 Å². The summed E-state index contributed by atoms with van der Waals surface area (Å²) >= 11 is 0. The molecule has 1 N–H and O–H groups in total. The van der Waals surface area contributed by atoms with Crippen molar-refractivity contribution in [3.63, 3.8) is 0 Å². The van der Waals surface area contributed by atoms with Crippen LogP contribution in [0.3, 0.4) is 0 Å². The summed E-state index contributed by atoms with van der Waals surface area (Å²) in [7, 11) is 0. The Kier molecular flexibility index (Phi) is 2.27. The molecule has 1 aliphatic rings. The molecular weight excluding hydrogens is 180 g/mol. The Morgan fingerprint density at radius 3 is 3.21 bits per heavy atom. The summed E-state index contributed by atoms with van der Waals surface area (Å²) in [6.07, 6.45) is 4.11. The van der Waals surface area contributed by atoms with Gasteiger partial charge in [0.15, 0.2) is 0 Å². The van der Waals surface area contributed by atoms with Gasteiger partial charge in [-0.1, -0.05) is 0 Å². The standard InChI is InChI=1S/C10H14N2O2/c1-2-12-9-5-7(10(13)14)3-4-8(9)6-11-12/h6-7H,2-5H2,1H3,(H,13,14)/t7-/m0/s1. The lowest BCUT2D eigenvalue weighted by Gasteiger charge is -2.19. The number of fused-ring (bicyclic) bond motifs is 1. The number of rotatable bonds is 2. The molecule has 0 unspecified atom stereocenters. The van der Waals surface area contributed by atoms with E-state index in [2.05, 4.69) is 5.10 Å². The van der Waals surface area contributed by atoms with E-state index in [1.165, 1.54) is 5.56 Å². The van der Waals surface area contributed by atoms with Crippen molar-refractivity contribution in [1.29, 1.82) is 0 Å². The third-order valence-electron chi connectivity index (χ3n) is 2.89. The zero-order chi connectivity index (χ0) is 10.1. The molecule has 14 heavy (non-hydrogen) atoms. The first-order valence-electron chi connectivity index (χ1n) is 4.98. The molecule has 1 atom stereocenters. The lowest BCUT2D eigenvalue weighted by molar-refractivity contribution is -0.142.